The van der Waals surface area contributed by atoms with Gasteiger partial charge in [0.05, 0.1) is 12.7 Å². The van der Waals surface area contributed by atoms with Crippen LogP contribution in [0.25, 0.3) is 0 Å². The summed E-state index contributed by atoms with van der Waals surface area (Å²) in [5.74, 6) is -0.578. The van der Waals surface area contributed by atoms with E-state index in [4.69, 9.17) is 14.7 Å². The van der Waals surface area contributed by atoms with E-state index in [2.05, 4.69) is 0 Å². The number of nitriles is 1. The molecule has 0 saturated carbocycles. The number of hydrogen-bond donors (Lipinski definition) is 0. The molecule has 0 unspecified atom stereocenters. The Morgan fingerprint density at radius 3 is 2.45 bits per heavy atom. The van der Waals surface area contributed by atoms with Gasteiger partial charge >= 0.3 is 5.97 Å². The van der Waals surface area contributed by atoms with Gasteiger partial charge in [0, 0.05) is 7.05 Å². The van der Waals surface area contributed by atoms with Crippen molar-refractivity contribution in [1.29, 1.82) is 5.26 Å². The quantitative estimate of drug-likeness (QED) is 0.774. The van der Waals surface area contributed by atoms with Crippen molar-refractivity contribution in [2.24, 2.45) is 0 Å². The van der Waals surface area contributed by atoms with Gasteiger partial charge in [0.1, 0.15) is 17.4 Å². The minimum atomic E-state index is -1.11. The lowest BCUT2D eigenvalue weighted by Gasteiger charge is -2.34. The second-order valence-electron chi connectivity index (χ2n) is 5.32. The summed E-state index contributed by atoms with van der Waals surface area (Å²) in [7, 11) is 2.78. The average Bonchev–Trinajstić information content (AvgIpc) is 2.52. The third kappa shape index (κ3) is 3.55. The van der Waals surface area contributed by atoms with Crippen molar-refractivity contribution < 1.29 is 19.1 Å². The number of nitrogens with zero attached hydrogens (tertiary/aromatic N) is 2. The van der Waals surface area contributed by atoms with Crippen molar-refractivity contribution >= 4 is 11.9 Å². The second kappa shape index (κ2) is 6.94. The van der Waals surface area contributed by atoms with E-state index in [9.17, 15) is 9.59 Å². The van der Waals surface area contributed by atoms with Gasteiger partial charge in [-0.15, -0.1) is 0 Å². The summed E-state index contributed by atoms with van der Waals surface area (Å²) in [5, 5.41) is 9.03. The van der Waals surface area contributed by atoms with E-state index in [0.29, 0.717) is 11.3 Å². The van der Waals surface area contributed by atoms with Gasteiger partial charge < -0.3 is 14.4 Å². The van der Waals surface area contributed by atoms with Gasteiger partial charge in [0.2, 0.25) is 0 Å². The van der Waals surface area contributed by atoms with Crippen molar-refractivity contribution in [3.05, 3.63) is 29.8 Å². The van der Waals surface area contributed by atoms with Gasteiger partial charge in [0.15, 0.2) is 6.10 Å². The molecule has 6 nitrogen and oxygen atoms in total. The molecule has 0 bridgehead atoms. The molecular formula is C16H20N2O4. The molecule has 0 radical (unpaired) electrons. The zero-order valence-corrected chi connectivity index (χ0v) is 13.4. The molecule has 1 amide bonds. The summed E-state index contributed by atoms with van der Waals surface area (Å²) < 4.78 is 10.3. The summed E-state index contributed by atoms with van der Waals surface area (Å²) in [6.07, 6.45) is -0.844. The van der Waals surface area contributed by atoms with Crippen LogP contribution in [0.3, 0.4) is 0 Å². The van der Waals surface area contributed by atoms with Crippen LogP contribution >= 0.6 is 0 Å². The molecular weight excluding hydrogens is 284 g/mol. The zero-order valence-electron chi connectivity index (χ0n) is 13.4. The van der Waals surface area contributed by atoms with Crippen LogP contribution < -0.4 is 4.74 Å². The Labute approximate surface area is 130 Å². The lowest BCUT2D eigenvalue weighted by Crippen LogP contribution is -2.54. The predicted octanol–water partition coefficient (Wildman–Crippen LogP) is 1.74. The Morgan fingerprint density at radius 2 is 1.91 bits per heavy atom. The molecule has 118 valence electrons. The van der Waals surface area contributed by atoms with E-state index in [1.165, 1.54) is 19.1 Å². The van der Waals surface area contributed by atoms with Crippen LogP contribution in [-0.4, -0.2) is 42.6 Å². The van der Waals surface area contributed by atoms with Gasteiger partial charge in [-0.05, 0) is 32.9 Å². The fourth-order valence-corrected chi connectivity index (χ4v) is 1.84. The van der Waals surface area contributed by atoms with Gasteiger partial charge in [0.25, 0.3) is 5.91 Å². The smallest absolute Gasteiger partial charge is 0.331 e. The Balaban J connectivity index is 2.90. The number of methoxy groups -OCH3 is 1. The van der Waals surface area contributed by atoms with Crippen molar-refractivity contribution in [3.63, 3.8) is 0 Å². The molecule has 0 fully saturated rings. The number of para-hydroxylation sites is 1. The van der Waals surface area contributed by atoms with Crippen LogP contribution in [0.5, 0.6) is 5.75 Å². The van der Waals surface area contributed by atoms with E-state index in [1.54, 1.807) is 45.0 Å². The predicted molar refractivity (Wildman–Crippen MR) is 80.1 cm³/mol. The van der Waals surface area contributed by atoms with Crippen LogP contribution in [0, 0.1) is 11.3 Å². The molecule has 0 heterocycles. The number of ether oxygens (including phenoxy) is 2. The second-order valence-corrected chi connectivity index (χ2v) is 5.32. The number of carbonyl (C=O) groups excluding carboxylic acids is 2. The molecule has 22 heavy (non-hydrogen) atoms. The first-order chi connectivity index (χ1) is 10.3. The number of likely N-dealkylation sites (N-methyl/N-ethyl adjacent to an activating group) is 1. The van der Waals surface area contributed by atoms with Crippen LogP contribution in [0.15, 0.2) is 24.3 Å². The molecule has 0 saturated heterocycles. The number of carbonyl (C=O) groups is 2. The molecule has 0 spiro atoms. The topological polar surface area (TPSA) is 79.6 Å². The highest BCUT2D eigenvalue weighted by Crippen LogP contribution is 2.21. The number of hydrogen-bond acceptors (Lipinski definition) is 5. The van der Waals surface area contributed by atoms with E-state index < -0.39 is 17.6 Å². The van der Waals surface area contributed by atoms with E-state index >= 15 is 0 Å². The molecule has 0 aromatic heterocycles. The van der Waals surface area contributed by atoms with Crippen LogP contribution in [0.1, 0.15) is 26.3 Å². The average molecular weight is 304 g/mol. The maximum absolute atomic E-state index is 12.4. The van der Waals surface area contributed by atoms with Gasteiger partial charge in [-0.25, -0.2) is 4.79 Å². The lowest BCUT2D eigenvalue weighted by molar-refractivity contribution is -0.160. The normalized spacial score (nSPS) is 12.0. The minimum Gasteiger partial charge on any atom is -0.480 e. The van der Waals surface area contributed by atoms with Gasteiger partial charge in [-0.2, -0.15) is 5.26 Å². The van der Waals surface area contributed by atoms with Gasteiger partial charge in [-0.1, -0.05) is 12.1 Å². The SMILES string of the molecule is COC(=O)C(C)(C)N(C)C(=O)[C@H](C)Oc1ccccc1C#N. The summed E-state index contributed by atoms with van der Waals surface area (Å²) in [6.45, 7) is 4.75. The van der Waals surface area contributed by atoms with E-state index in [0.717, 1.165) is 0 Å². The van der Waals surface area contributed by atoms with Crippen LogP contribution in [0.4, 0.5) is 0 Å². The Hall–Kier alpha value is -2.55. The first-order valence-corrected chi connectivity index (χ1v) is 6.77. The lowest BCUT2D eigenvalue weighted by atomic mass is 10.0. The Kier molecular flexibility index (Phi) is 5.52. The molecule has 6 heteroatoms. The number of esters is 1. The van der Waals surface area contributed by atoms with E-state index in [-0.39, 0.29) is 5.91 Å². The summed E-state index contributed by atoms with van der Waals surface area (Å²) in [4.78, 5) is 25.5. The van der Waals surface area contributed by atoms with Crippen molar-refractivity contribution in [1.82, 2.24) is 4.90 Å². The highest BCUT2D eigenvalue weighted by atomic mass is 16.5. The fourth-order valence-electron chi connectivity index (χ4n) is 1.84. The minimum absolute atomic E-state index is 0.329. The van der Waals surface area contributed by atoms with E-state index in [1.807, 2.05) is 6.07 Å². The van der Waals surface area contributed by atoms with Crippen molar-refractivity contribution in [2.45, 2.75) is 32.4 Å². The largest absolute Gasteiger partial charge is 0.480 e. The number of rotatable bonds is 5. The molecule has 0 aliphatic heterocycles. The van der Waals surface area contributed by atoms with Crippen LogP contribution in [-0.2, 0) is 14.3 Å². The summed E-state index contributed by atoms with van der Waals surface area (Å²) in [6, 6.07) is 8.66. The zero-order chi connectivity index (χ0) is 16.9. The number of amides is 1. The summed E-state index contributed by atoms with van der Waals surface area (Å²) in [5.41, 5.74) is -0.768. The molecule has 0 aliphatic rings. The molecule has 0 aliphatic carbocycles. The highest BCUT2D eigenvalue weighted by Gasteiger charge is 2.38. The van der Waals surface area contributed by atoms with Crippen molar-refractivity contribution in [3.8, 4) is 11.8 Å². The monoisotopic (exact) mass is 304 g/mol. The number of benzene rings is 1. The van der Waals surface area contributed by atoms with Gasteiger partial charge in [-0.3, -0.25) is 4.79 Å². The fraction of sp³-hybridized carbons (Fsp3) is 0.438. The molecule has 0 N–H and O–H groups in total. The maximum Gasteiger partial charge on any atom is 0.331 e. The Morgan fingerprint density at radius 1 is 1.32 bits per heavy atom. The molecule has 1 aromatic carbocycles. The first kappa shape index (κ1) is 17.5. The van der Waals surface area contributed by atoms with Crippen molar-refractivity contribution in [2.75, 3.05) is 14.2 Å². The molecule has 1 rings (SSSR count). The maximum atomic E-state index is 12.4. The summed E-state index contributed by atoms with van der Waals surface area (Å²) >= 11 is 0. The first-order valence-electron chi connectivity index (χ1n) is 6.77. The Bertz CT molecular complexity index is 604. The third-order valence-corrected chi connectivity index (χ3v) is 3.51. The third-order valence-electron chi connectivity index (χ3n) is 3.51. The molecule has 1 atom stereocenters. The highest BCUT2D eigenvalue weighted by molar-refractivity contribution is 5.89. The standard InChI is InChI=1S/C16H20N2O4/c1-11(22-13-9-7-6-8-12(13)10-17)14(19)18(4)16(2,3)15(20)21-5/h6-9,11H,1-5H3/t11-/m0/s1. The van der Waals surface area contributed by atoms with Crippen LogP contribution in [0.2, 0.25) is 0 Å². The molecule has 1 aromatic rings.